The minimum atomic E-state index is -0.684. The lowest BCUT2D eigenvalue weighted by Crippen LogP contribution is -2.37. The van der Waals surface area contributed by atoms with Crippen LogP contribution in [0.3, 0.4) is 0 Å². The van der Waals surface area contributed by atoms with E-state index in [4.69, 9.17) is 4.74 Å². The molecule has 0 aliphatic rings. The zero-order valence-electron chi connectivity index (χ0n) is 14.0. The number of ether oxygens (including phenoxy) is 1. The third kappa shape index (κ3) is 6.74. The molecule has 122 valence electrons. The number of carbonyl (C=O) groups excluding carboxylic acids is 2. The maximum absolute atomic E-state index is 12.3. The lowest BCUT2D eigenvalue weighted by Gasteiger charge is -2.20. The molecule has 22 heavy (non-hydrogen) atoms. The Morgan fingerprint density at radius 2 is 1.73 bits per heavy atom. The first-order valence-electron chi connectivity index (χ1n) is 7.91. The van der Waals surface area contributed by atoms with Gasteiger partial charge < -0.3 is 10.1 Å². The van der Waals surface area contributed by atoms with Crippen LogP contribution in [-0.4, -0.2) is 24.5 Å². The van der Waals surface area contributed by atoms with Crippen molar-refractivity contribution in [2.24, 2.45) is 11.8 Å². The minimum Gasteiger partial charge on any atom is -0.438 e. The Morgan fingerprint density at radius 3 is 2.27 bits per heavy atom. The predicted octanol–water partition coefficient (Wildman–Crippen LogP) is 3.60. The highest BCUT2D eigenvalue weighted by Gasteiger charge is 2.25. The average molecular weight is 305 g/mol. The Morgan fingerprint density at radius 1 is 1.09 bits per heavy atom. The number of ketones is 1. The van der Waals surface area contributed by atoms with Gasteiger partial charge in [0, 0.05) is 13.0 Å². The molecular formula is C18H27NO3. The van der Waals surface area contributed by atoms with Crippen LogP contribution in [0, 0.1) is 11.8 Å². The molecule has 0 fully saturated rings. The summed E-state index contributed by atoms with van der Waals surface area (Å²) < 4.78 is 5.31. The quantitative estimate of drug-likeness (QED) is 0.798. The first-order chi connectivity index (χ1) is 10.4. The second-order valence-electron chi connectivity index (χ2n) is 6.30. The van der Waals surface area contributed by atoms with Crippen molar-refractivity contribution in [1.82, 2.24) is 5.32 Å². The third-order valence-corrected chi connectivity index (χ3v) is 3.31. The number of rotatable bonds is 8. The summed E-state index contributed by atoms with van der Waals surface area (Å²) in [5.41, 5.74) is 1.11. The fraction of sp³-hybridized carbons (Fsp3) is 0.556. The molecule has 4 nitrogen and oxygen atoms in total. The minimum absolute atomic E-state index is 0.0291. The number of hydrogen-bond donors (Lipinski definition) is 1. The van der Waals surface area contributed by atoms with Crippen LogP contribution < -0.4 is 5.32 Å². The molecule has 1 unspecified atom stereocenters. The normalized spacial score (nSPS) is 12.3. The number of amides is 1. The largest absolute Gasteiger partial charge is 0.438 e. The second kappa shape index (κ2) is 9.23. The Balaban J connectivity index is 2.51. The van der Waals surface area contributed by atoms with E-state index in [1.54, 1.807) is 0 Å². The van der Waals surface area contributed by atoms with E-state index in [9.17, 15) is 9.59 Å². The van der Waals surface area contributed by atoms with E-state index in [-0.39, 0.29) is 11.7 Å². The molecule has 1 amide bonds. The summed E-state index contributed by atoms with van der Waals surface area (Å²) in [5, 5.41) is 2.68. The number of hydrogen-bond acceptors (Lipinski definition) is 3. The van der Waals surface area contributed by atoms with E-state index >= 15 is 0 Å². The van der Waals surface area contributed by atoms with Crippen molar-refractivity contribution >= 4 is 11.9 Å². The van der Waals surface area contributed by atoms with Gasteiger partial charge in [0.15, 0.2) is 11.9 Å². The molecule has 4 heteroatoms. The molecule has 0 radical (unpaired) electrons. The van der Waals surface area contributed by atoms with Crippen LogP contribution in [0.15, 0.2) is 30.3 Å². The van der Waals surface area contributed by atoms with E-state index in [0.717, 1.165) is 5.56 Å². The number of alkyl carbamates (subject to hydrolysis) is 1. The summed E-state index contributed by atoms with van der Waals surface area (Å²) in [6.07, 6.45) is -0.152. The molecule has 0 aliphatic heterocycles. The molecule has 0 bridgehead atoms. The third-order valence-electron chi connectivity index (χ3n) is 3.31. The summed E-state index contributed by atoms with van der Waals surface area (Å²) in [6, 6.07) is 9.84. The van der Waals surface area contributed by atoms with Crippen molar-refractivity contribution in [1.29, 1.82) is 0 Å². The zero-order valence-corrected chi connectivity index (χ0v) is 14.0. The molecular weight excluding hydrogens is 278 g/mol. The molecule has 0 saturated heterocycles. The average Bonchev–Trinajstić information content (AvgIpc) is 2.49. The predicted molar refractivity (Wildman–Crippen MR) is 87.7 cm³/mol. The molecule has 1 rings (SSSR count). The Bertz CT molecular complexity index is 468. The van der Waals surface area contributed by atoms with Crippen molar-refractivity contribution in [2.75, 3.05) is 6.54 Å². The Hall–Kier alpha value is -1.84. The van der Waals surface area contributed by atoms with E-state index in [0.29, 0.717) is 25.3 Å². The zero-order chi connectivity index (χ0) is 16.5. The van der Waals surface area contributed by atoms with E-state index in [2.05, 4.69) is 5.32 Å². The van der Waals surface area contributed by atoms with E-state index in [1.807, 2.05) is 58.0 Å². The van der Waals surface area contributed by atoms with Gasteiger partial charge in [-0.05, 0) is 23.8 Å². The maximum Gasteiger partial charge on any atom is 0.407 e. The number of Topliss-reactive ketones (excluding diaryl/α,β-unsaturated/α-hetero) is 1. The summed E-state index contributed by atoms with van der Waals surface area (Å²) in [7, 11) is 0. The van der Waals surface area contributed by atoms with Gasteiger partial charge in [-0.25, -0.2) is 4.79 Å². The van der Waals surface area contributed by atoms with Gasteiger partial charge in [-0.1, -0.05) is 58.0 Å². The first kappa shape index (κ1) is 18.2. The van der Waals surface area contributed by atoms with Gasteiger partial charge in [-0.3, -0.25) is 4.79 Å². The van der Waals surface area contributed by atoms with Gasteiger partial charge in [0.1, 0.15) is 0 Å². The lowest BCUT2D eigenvalue weighted by atomic mass is 9.98. The van der Waals surface area contributed by atoms with Crippen LogP contribution in [0.5, 0.6) is 0 Å². The number of aryl methyl sites for hydroxylation is 1. The maximum atomic E-state index is 12.3. The van der Waals surface area contributed by atoms with Crippen LogP contribution in [-0.2, 0) is 16.0 Å². The van der Waals surface area contributed by atoms with Crippen molar-refractivity contribution < 1.29 is 14.3 Å². The van der Waals surface area contributed by atoms with Gasteiger partial charge in [-0.15, -0.1) is 0 Å². The van der Waals surface area contributed by atoms with Gasteiger partial charge in [-0.2, -0.15) is 0 Å². The topological polar surface area (TPSA) is 55.4 Å². The van der Waals surface area contributed by atoms with Gasteiger partial charge in [0.2, 0.25) is 0 Å². The van der Waals surface area contributed by atoms with Gasteiger partial charge >= 0.3 is 6.09 Å². The SMILES string of the molecule is CC(C)CNC(=O)OC(C(=O)CCc1ccccc1)C(C)C. The monoisotopic (exact) mass is 305 g/mol. The Kier molecular flexibility index (Phi) is 7.64. The lowest BCUT2D eigenvalue weighted by molar-refractivity contribution is -0.129. The fourth-order valence-electron chi connectivity index (χ4n) is 2.07. The highest BCUT2D eigenvalue weighted by Crippen LogP contribution is 2.13. The molecule has 1 atom stereocenters. The van der Waals surface area contributed by atoms with Crippen LogP contribution in [0.2, 0.25) is 0 Å². The van der Waals surface area contributed by atoms with Gasteiger partial charge in [0.25, 0.3) is 0 Å². The highest BCUT2D eigenvalue weighted by atomic mass is 16.6. The summed E-state index contributed by atoms with van der Waals surface area (Å²) in [5.74, 6) is 0.283. The van der Waals surface area contributed by atoms with Crippen LogP contribution in [0.4, 0.5) is 4.79 Å². The molecule has 0 heterocycles. The highest BCUT2D eigenvalue weighted by molar-refractivity contribution is 5.85. The smallest absolute Gasteiger partial charge is 0.407 e. The van der Waals surface area contributed by atoms with Crippen molar-refractivity contribution in [2.45, 2.75) is 46.6 Å². The Labute approximate surface area is 133 Å². The molecule has 0 aliphatic carbocycles. The summed E-state index contributed by atoms with van der Waals surface area (Å²) >= 11 is 0. The number of carbonyl (C=O) groups is 2. The van der Waals surface area contributed by atoms with E-state index in [1.165, 1.54) is 0 Å². The molecule has 0 spiro atoms. The van der Waals surface area contributed by atoms with E-state index < -0.39 is 12.2 Å². The molecule has 0 aromatic heterocycles. The number of nitrogens with one attached hydrogen (secondary N) is 1. The second-order valence-corrected chi connectivity index (χ2v) is 6.30. The van der Waals surface area contributed by atoms with Crippen molar-refractivity contribution in [3.63, 3.8) is 0 Å². The van der Waals surface area contributed by atoms with Crippen LogP contribution >= 0.6 is 0 Å². The van der Waals surface area contributed by atoms with Gasteiger partial charge in [0.05, 0.1) is 0 Å². The van der Waals surface area contributed by atoms with Crippen molar-refractivity contribution in [3.8, 4) is 0 Å². The van der Waals surface area contributed by atoms with Crippen molar-refractivity contribution in [3.05, 3.63) is 35.9 Å². The first-order valence-corrected chi connectivity index (χ1v) is 7.91. The molecule has 1 N–H and O–H groups in total. The number of benzene rings is 1. The molecule has 1 aromatic rings. The summed E-state index contributed by atoms with van der Waals surface area (Å²) in [4.78, 5) is 24.1. The molecule has 1 aromatic carbocycles. The van der Waals surface area contributed by atoms with Crippen LogP contribution in [0.1, 0.15) is 39.7 Å². The van der Waals surface area contributed by atoms with Crippen LogP contribution in [0.25, 0.3) is 0 Å². The standard InChI is InChI=1S/C18H27NO3/c1-13(2)12-19-18(21)22-17(14(3)4)16(20)11-10-15-8-6-5-7-9-15/h5-9,13-14,17H,10-12H2,1-4H3,(H,19,21). The fourth-order valence-corrected chi connectivity index (χ4v) is 2.07. The summed E-state index contributed by atoms with van der Waals surface area (Å²) in [6.45, 7) is 8.33. The molecule has 0 saturated carbocycles.